The Morgan fingerprint density at radius 1 is 1.12 bits per heavy atom. The van der Waals surface area contributed by atoms with Crippen molar-refractivity contribution in [2.75, 3.05) is 63.7 Å². The van der Waals surface area contributed by atoms with E-state index < -0.39 is 0 Å². The molecule has 1 saturated heterocycles. The molecule has 6 heteroatoms. The molecule has 1 aliphatic rings. The van der Waals surface area contributed by atoms with Crippen molar-refractivity contribution >= 4 is 11.6 Å². The van der Waals surface area contributed by atoms with E-state index in [-0.39, 0.29) is 0 Å². The lowest BCUT2D eigenvalue weighted by molar-refractivity contribution is 0.0398. The van der Waals surface area contributed by atoms with E-state index in [1.165, 1.54) is 5.69 Å². The van der Waals surface area contributed by atoms with E-state index in [0.29, 0.717) is 5.95 Å². The fourth-order valence-corrected chi connectivity index (χ4v) is 2.69. The molecule has 24 heavy (non-hydrogen) atoms. The minimum absolute atomic E-state index is 0.678. The number of aromatic nitrogens is 2. The lowest BCUT2D eigenvalue weighted by Crippen LogP contribution is -2.39. The number of anilines is 2. The quantitative estimate of drug-likeness (QED) is 0.875. The summed E-state index contributed by atoms with van der Waals surface area (Å²) in [5.41, 5.74) is 3.21. The first-order chi connectivity index (χ1) is 11.7. The number of benzene rings is 1. The van der Waals surface area contributed by atoms with Gasteiger partial charge in [0.1, 0.15) is 0 Å². The zero-order valence-electron chi connectivity index (χ0n) is 14.4. The van der Waals surface area contributed by atoms with Gasteiger partial charge in [-0.25, -0.2) is 9.97 Å². The Hall–Kier alpha value is -2.18. The summed E-state index contributed by atoms with van der Waals surface area (Å²) in [6.07, 6.45) is 1.80. The molecule has 1 aromatic heterocycles. The van der Waals surface area contributed by atoms with Gasteiger partial charge in [-0.3, -0.25) is 4.90 Å². The third-order valence-electron chi connectivity index (χ3n) is 4.15. The van der Waals surface area contributed by atoms with Gasteiger partial charge < -0.3 is 15.0 Å². The fourth-order valence-electron chi connectivity index (χ4n) is 2.69. The monoisotopic (exact) mass is 327 g/mol. The van der Waals surface area contributed by atoms with Crippen LogP contribution in [0.4, 0.5) is 11.6 Å². The Morgan fingerprint density at radius 2 is 1.88 bits per heavy atom. The van der Waals surface area contributed by atoms with Gasteiger partial charge in [-0.2, -0.15) is 0 Å². The summed E-state index contributed by atoms with van der Waals surface area (Å²) in [5.74, 6) is 0.678. The molecule has 0 aliphatic carbocycles. The zero-order valence-corrected chi connectivity index (χ0v) is 14.4. The maximum Gasteiger partial charge on any atom is 0.223 e. The molecule has 0 bridgehead atoms. The van der Waals surface area contributed by atoms with Crippen molar-refractivity contribution in [3.8, 4) is 11.3 Å². The molecule has 2 heterocycles. The van der Waals surface area contributed by atoms with Crippen LogP contribution in [-0.2, 0) is 4.74 Å². The molecule has 2 aromatic rings. The third-order valence-corrected chi connectivity index (χ3v) is 4.15. The van der Waals surface area contributed by atoms with Crippen molar-refractivity contribution in [1.29, 1.82) is 0 Å². The van der Waals surface area contributed by atoms with E-state index in [4.69, 9.17) is 4.74 Å². The molecule has 1 aliphatic heterocycles. The van der Waals surface area contributed by atoms with Crippen LogP contribution in [0.1, 0.15) is 0 Å². The minimum Gasteiger partial charge on any atom is -0.379 e. The van der Waals surface area contributed by atoms with Crippen molar-refractivity contribution in [2.24, 2.45) is 0 Å². The van der Waals surface area contributed by atoms with Crippen LogP contribution in [0.2, 0.25) is 0 Å². The molecule has 3 rings (SSSR count). The Morgan fingerprint density at radius 3 is 2.58 bits per heavy atom. The van der Waals surface area contributed by atoms with Crippen LogP contribution in [-0.4, -0.2) is 68.4 Å². The number of hydrogen-bond donors (Lipinski definition) is 1. The number of ether oxygens (including phenoxy) is 1. The Kier molecular flexibility index (Phi) is 5.61. The van der Waals surface area contributed by atoms with Crippen LogP contribution in [0, 0.1) is 0 Å². The molecule has 128 valence electrons. The van der Waals surface area contributed by atoms with Gasteiger partial charge >= 0.3 is 0 Å². The predicted molar refractivity (Wildman–Crippen MR) is 97.5 cm³/mol. The standard InChI is InChI=1S/C18H25N5O/c1-22(2)16-5-3-15(4-6-16)17-7-8-19-18(21-17)20-9-10-23-11-13-24-14-12-23/h3-8H,9-14H2,1-2H3,(H,19,20,21). The molecule has 0 saturated carbocycles. The summed E-state index contributed by atoms with van der Waals surface area (Å²) in [6.45, 7) is 5.48. The maximum atomic E-state index is 5.36. The number of nitrogens with one attached hydrogen (secondary N) is 1. The average Bonchev–Trinajstić information content (AvgIpc) is 2.63. The van der Waals surface area contributed by atoms with E-state index in [1.807, 2.05) is 20.2 Å². The van der Waals surface area contributed by atoms with Gasteiger partial charge in [-0.1, -0.05) is 12.1 Å². The molecule has 0 amide bonds. The Labute approximate surface area is 143 Å². The topological polar surface area (TPSA) is 53.5 Å². The van der Waals surface area contributed by atoms with E-state index >= 15 is 0 Å². The lowest BCUT2D eigenvalue weighted by atomic mass is 10.1. The molecular formula is C18H25N5O. The van der Waals surface area contributed by atoms with Crippen LogP contribution in [0.5, 0.6) is 0 Å². The Bertz CT molecular complexity index is 638. The largest absolute Gasteiger partial charge is 0.379 e. The molecular weight excluding hydrogens is 302 g/mol. The SMILES string of the molecule is CN(C)c1ccc(-c2ccnc(NCCN3CCOCC3)n2)cc1. The van der Waals surface area contributed by atoms with Gasteiger partial charge in [0.2, 0.25) is 5.95 Å². The highest BCUT2D eigenvalue weighted by molar-refractivity contribution is 5.63. The number of rotatable bonds is 6. The predicted octanol–water partition coefficient (Wildman–Crippen LogP) is 1.95. The maximum absolute atomic E-state index is 5.36. The average molecular weight is 327 g/mol. The highest BCUT2D eigenvalue weighted by atomic mass is 16.5. The summed E-state index contributed by atoms with van der Waals surface area (Å²) in [5, 5.41) is 3.32. The van der Waals surface area contributed by atoms with Crippen LogP contribution in [0.25, 0.3) is 11.3 Å². The molecule has 0 atom stereocenters. The first kappa shape index (κ1) is 16.7. The first-order valence-electron chi connectivity index (χ1n) is 8.37. The van der Waals surface area contributed by atoms with Gasteiger partial charge in [-0.15, -0.1) is 0 Å². The highest BCUT2D eigenvalue weighted by Crippen LogP contribution is 2.21. The van der Waals surface area contributed by atoms with E-state index in [1.54, 1.807) is 6.20 Å². The summed E-state index contributed by atoms with van der Waals surface area (Å²) in [4.78, 5) is 13.4. The zero-order chi connectivity index (χ0) is 16.8. The second-order valence-electron chi connectivity index (χ2n) is 6.09. The van der Waals surface area contributed by atoms with Gasteiger partial charge in [0.05, 0.1) is 18.9 Å². The van der Waals surface area contributed by atoms with Crippen molar-refractivity contribution in [3.05, 3.63) is 36.5 Å². The molecule has 0 spiro atoms. The summed E-state index contributed by atoms with van der Waals surface area (Å²) >= 11 is 0. The summed E-state index contributed by atoms with van der Waals surface area (Å²) < 4.78 is 5.36. The highest BCUT2D eigenvalue weighted by Gasteiger charge is 2.09. The smallest absolute Gasteiger partial charge is 0.223 e. The van der Waals surface area contributed by atoms with Crippen molar-refractivity contribution < 1.29 is 4.74 Å². The van der Waals surface area contributed by atoms with Gasteiger partial charge in [0.15, 0.2) is 0 Å². The minimum atomic E-state index is 0.678. The van der Waals surface area contributed by atoms with Gasteiger partial charge in [0.25, 0.3) is 0 Å². The number of morpholine rings is 1. The summed E-state index contributed by atoms with van der Waals surface area (Å²) in [7, 11) is 4.08. The van der Waals surface area contributed by atoms with Crippen LogP contribution in [0.3, 0.4) is 0 Å². The number of hydrogen-bond acceptors (Lipinski definition) is 6. The van der Waals surface area contributed by atoms with Crippen molar-refractivity contribution in [1.82, 2.24) is 14.9 Å². The molecule has 6 nitrogen and oxygen atoms in total. The molecule has 1 N–H and O–H groups in total. The van der Waals surface area contributed by atoms with Crippen molar-refractivity contribution in [2.45, 2.75) is 0 Å². The third kappa shape index (κ3) is 4.43. The molecule has 1 fully saturated rings. The van der Waals surface area contributed by atoms with Crippen molar-refractivity contribution in [3.63, 3.8) is 0 Å². The van der Waals surface area contributed by atoms with Crippen LogP contribution < -0.4 is 10.2 Å². The molecule has 1 aromatic carbocycles. The number of nitrogens with zero attached hydrogens (tertiary/aromatic N) is 4. The normalized spacial score (nSPS) is 15.2. The second-order valence-corrected chi connectivity index (χ2v) is 6.09. The van der Waals surface area contributed by atoms with E-state index in [2.05, 4.69) is 49.4 Å². The van der Waals surface area contributed by atoms with Gasteiger partial charge in [-0.05, 0) is 18.2 Å². The van der Waals surface area contributed by atoms with Crippen LogP contribution >= 0.6 is 0 Å². The lowest BCUT2D eigenvalue weighted by Gasteiger charge is -2.26. The van der Waals surface area contributed by atoms with E-state index in [0.717, 1.165) is 50.7 Å². The second kappa shape index (κ2) is 8.08. The van der Waals surface area contributed by atoms with Crippen LogP contribution in [0.15, 0.2) is 36.5 Å². The fraction of sp³-hybridized carbons (Fsp3) is 0.444. The molecule has 0 radical (unpaired) electrons. The Balaban J connectivity index is 1.59. The first-order valence-corrected chi connectivity index (χ1v) is 8.37. The van der Waals surface area contributed by atoms with E-state index in [9.17, 15) is 0 Å². The molecule has 0 unspecified atom stereocenters. The summed E-state index contributed by atoms with van der Waals surface area (Å²) in [6, 6.07) is 10.3. The van der Waals surface area contributed by atoms with Gasteiger partial charge in [0, 0.05) is 57.7 Å².